The third kappa shape index (κ3) is 7.25. The van der Waals surface area contributed by atoms with Gasteiger partial charge in [0.2, 0.25) is 0 Å². The van der Waals surface area contributed by atoms with Crippen molar-refractivity contribution in [2.45, 2.75) is 12.8 Å². The van der Waals surface area contributed by atoms with Gasteiger partial charge in [-0.15, -0.1) is 0 Å². The second-order valence-corrected chi connectivity index (χ2v) is 5.90. The minimum Gasteiger partial charge on any atom is -1.00 e. The van der Waals surface area contributed by atoms with Crippen LogP contribution < -0.4 is 17.3 Å². The van der Waals surface area contributed by atoms with E-state index < -0.39 is 0 Å². The third-order valence-electron chi connectivity index (χ3n) is 4.04. The van der Waals surface area contributed by atoms with Gasteiger partial charge < -0.3 is 22.0 Å². The van der Waals surface area contributed by atoms with Crippen LogP contribution in [-0.4, -0.2) is 57.2 Å². The highest BCUT2D eigenvalue weighted by molar-refractivity contribution is 5.70. The molecule has 0 spiro atoms. The van der Waals surface area contributed by atoms with Gasteiger partial charge in [-0.25, -0.2) is 0 Å². The van der Waals surface area contributed by atoms with Gasteiger partial charge in [0.1, 0.15) is 0 Å². The lowest BCUT2D eigenvalue weighted by Gasteiger charge is -2.29. The number of ether oxygens (including phenoxy) is 1. The molecule has 5 heteroatoms. The van der Waals surface area contributed by atoms with Gasteiger partial charge >= 0.3 is 5.97 Å². The van der Waals surface area contributed by atoms with Crippen LogP contribution in [0.2, 0.25) is 0 Å². The summed E-state index contributed by atoms with van der Waals surface area (Å²) in [5.41, 5.74) is 0. The van der Waals surface area contributed by atoms with Crippen LogP contribution in [0.15, 0.2) is 36.5 Å². The summed E-state index contributed by atoms with van der Waals surface area (Å²) in [6.07, 6.45) is 13.3. The van der Waals surface area contributed by atoms with Crippen LogP contribution in [0.4, 0.5) is 0 Å². The van der Waals surface area contributed by atoms with Crippen molar-refractivity contribution in [3.05, 3.63) is 36.5 Å². The van der Waals surface area contributed by atoms with E-state index in [0.29, 0.717) is 13.0 Å². The summed E-state index contributed by atoms with van der Waals surface area (Å²) < 4.78 is 5.34. The van der Waals surface area contributed by atoms with Crippen LogP contribution >= 0.6 is 0 Å². The normalized spacial score (nSPS) is 19.7. The number of likely N-dealkylation sites (N-methyl/N-ethyl adjacent to an activating group) is 1. The first kappa shape index (κ1) is 18.9. The van der Waals surface area contributed by atoms with Crippen molar-refractivity contribution in [2.24, 2.45) is 5.92 Å². The Bertz CT molecular complexity index is 397. The molecule has 0 aromatic rings. The van der Waals surface area contributed by atoms with E-state index in [4.69, 9.17) is 4.74 Å². The number of carbonyl (C=O) groups excluding carboxylic acids is 1. The van der Waals surface area contributed by atoms with Crippen molar-refractivity contribution in [1.82, 2.24) is 4.90 Å². The van der Waals surface area contributed by atoms with Gasteiger partial charge in [0.05, 0.1) is 33.2 Å². The zero-order chi connectivity index (χ0) is 14.9. The quantitative estimate of drug-likeness (QED) is 0.431. The molecule has 1 aliphatic carbocycles. The van der Waals surface area contributed by atoms with E-state index in [2.05, 4.69) is 11.9 Å². The van der Waals surface area contributed by atoms with Gasteiger partial charge in [0.25, 0.3) is 0 Å². The van der Waals surface area contributed by atoms with Crippen molar-refractivity contribution in [3.63, 3.8) is 0 Å². The number of carbonyl (C=O) groups is 1. The fraction of sp³-hybridized carbons (Fsp3) is 0.588. The van der Waals surface area contributed by atoms with Crippen molar-refractivity contribution in [3.8, 4) is 0 Å². The first-order valence-electron chi connectivity index (χ1n) is 7.95. The molecule has 1 fully saturated rings. The molecule has 0 atom stereocenters. The van der Waals surface area contributed by atoms with E-state index >= 15 is 0 Å². The van der Waals surface area contributed by atoms with Crippen molar-refractivity contribution in [2.75, 3.05) is 46.4 Å². The van der Waals surface area contributed by atoms with E-state index in [0.717, 1.165) is 26.1 Å². The summed E-state index contributed by atoms with van der Waals surface area (Å²) >= 11 is 0. The van der Waals surface area contributed by atoms with Crippen LogP contribution in [-0.2, 0) is 9.53 Å². The average molecular weight is 327 g/mol. The molecule has 1 N–H and O–H groups in total. The molecule has 2 aliphatic rings. The molecule has 22 heavy (non-hydrogen) atoms. The standard InChI is InChI=1S/C17H26N2O2.ClH/c1-18-10-12-19(13-11-18)9-6-14-21-17(20)15-16-7-4-2-3-5-8-16;/h2-5,7-8,16H,6,9-15H2,1H3;1H. The molecule has 0 unspecified atom stereocenters. The fourth-order valence-corrected chi connectivity index (χ4v) is 2.63. The fourth-order valence-electron chi connectivity index (χ4n) is 2.63. The Kier molecular flexibility index (Phi) is 9.13. The molecule has 0 radical (unpaired) electrons. The summed E-state index contributed by atoms with van der Waals surface area (Å²) in [6.45, 7) is 6.32. The minimum absolute atomic E-state index is 0. The summed E-state index contributed by atoms with van der Waals surface area (Å²) in [7, 11) is 2.24. The number of hydrogen-bond donors (Lipinski definition) is 1. The Hall–Kier alpha value is -1.10. The molecule has 0 saturated carbocycles. The Morgan fingerprint density at radius 1 is 1.18 bits per heavy atom. The SMILES string of the molecule is C[NH+]1CCN(CCCOC(=O)CC2C=CC=CC=C2)CC1.[Cl-]. The lowest BCUT2D eigenvalue weighted by atomic mass is 10.1. The smallest absolute Gasteiger partial charge is 0.306 e. The third-order valence-corrected chi connectivity index (χ3v) is 4.04. The Labute approximate surface area is 139 Å². The molecular formula is C17H27ClN2O2. The number of allylic oxidation sites excluding steroid dienone is 6. The molecular weight excluding hydrogens is 300 g/mol. The first-order valence-corrected chi connectivity index (χ1v) is 7.95. The van der Waals surface area contributed by atoms with E-state index in [9.17, 15) is 4.79 Å². The maximum atomic E-state index is 11.8. The molecule has 1 aliphatic heterocycles. The Morgan fingerprint density at radius 2 is 1.82 bits per heavy atom. The predicted octanol–water partition coefficient (Wildman–Crippen LogP) is -2.56. The molecule has 0 aromatic carbocycles. The van der Waals surface area contributed by atoms with Crippen LogP contribution in [0.3, 0.4) is 0 Å². The molecule has 1 heterocycles. The zero-order valence-electron chi connectivity index (χ0n) is 13.3. The number of quaternary nitrogens is 1. The largest absolute Gasteiger partial charge is 1.00 e. The summed E-state index contributed by atoms with van der Waals surface area (Å²) in [5, 5.41) is 0. The lowest BCUT2D eigenvalue weighted by Crippen LogP contribution is -3.11. The van der Waals surface area contributed by atoms with Gasteiger partial charge in [-0.05, 0) is 6.42 Å². The van der Waals surface area contributed by atoms with Gasteiger partial charge in [-0.3, -0.25) is 9.69 Å². The van der Waals surface area contributed by atoms with E-state index in [1.807, 2.05) is 36.5 Å². The topological polar surface area (TPSA) is 34.0 Å². The summed E-state index contributed by atoms with van der Waals surface area (Å²) in [5.74, 6) is 0.0622. The van der Waals surface area contributed by atoms with E-state index in [1.165, 1.54) is 13.1 Å². The number of esters is 1. The van der Waals surface area contributed by atoms with Crippen molar-refractivity contribution in [1.29, 1.82) is 0 Å². The maximum absolute atomic E-state index is 11.8. The van der Waals surface area contributed by atoms with E-state index in [1.54, 1.807) is 4.90 Å². The predicted molar refractivity (Wildman–Crippen MR) is 84.2 cm³/mol. The second kappa shape index (κ2) is 10.6. The lowest BCUT2D eigenvalue weighted by molar-refractivity contribution is -0.884. The minimum atomic E-state index is -0.0981. The Balaban J connectivity index is 0.00000242. The highest BCUT2D eigenvalue weighted by Crippen LogP contribution is 2.11. The monoisotopic (exact) mass is 326 g/mol. The van der Waals surface area contributed by atoms with Gasteiger partial charge in [-0.2, -0.15) is 0 Å². The Morgan fingerprint density at radius 3 is 2.45 bits per heavy atom. The molecule has 4 nitrogen and oxygen atoms in total. The second-order valence-electron chi connectivity index (χ2n) is 5.90. The van der Waals surface area contributed by atoms with Gasteiger partial charge in [0, 0.05) is 25.6 Å². The summed E-state index contributed by atoms with van der Waals surface area (Å²) in [6, 6.07) is 0. The van der Waals surface area contributed by atoms with Crippen LogP contribution in [0.5, 0.6) is 0 Å². The molecule has 1 saturated heterocycles. The average Bonchev–Trinajstić information content (AvgIpc) is 2.74. The van der Waals surface area contributed by atoms with Crippen LogP contribution in [0, 0.1) is 5.92 Å². The van der Waals surface area contributed by atoms with Crippen molar-refractivity contribution < 1.29 is 26.8 Å². The molecule has 124 valence electrons. The number of piperazine rings is 1. The highest BCUT2D eigenvalue weighted by Gasteiger charge is 2.16. The zero-order valence-corrected chi connectivity index (χ0v) is 14.1. The van der Waals surface area contributed by atoms with Crippen LogP contribution in [0.25, 0.3) is 0 Å². The number of hydrogen-bond acceptors (Lipinski definition) is 3. The number of rotatable bonds is 6. The number of nitrogens with one attached hydrogen (secondary N) is 1. The van der Waals surface area contributed by atoms with Gasteiger partial charge in [-0.1, -0.05) is 36.5 Å². The first-order chi connectivity index (χ1) is 10.2. The van der Waals surface area contributed by atoms with Crippen LogP contribution in [0.1, 0.15) is 12.8 Å². The molecule has 2 rings (SSSR count). The number of nitrogens with zero attached hydrogens (tertiary/aromatic N) is 1. The number of halogens is 1. The summed E-state index contributed by atoms with van der Waals surface area (Å²) in [4.78, 5) is 15.9. The molecule has 0 bridgehead atoms. The molecule has 0 aromatic heterocycles. The van der Waals surface area contributed by atoms with Gasteiger partial charge in [0.15, 0.2) is 0 Å². The van der Waals surface area contributed by atoms with E-state index in [-0.39, 0.29) is 24.3 Å². The van der Waals surface area contributed by atoms with Crippen molar-refractivity contribution >= 4 is 5.97 Å². The maximum Gasteiger partial charge on any atom is 0.306 e. The highest BCUT2D eigenvalue weighted by atomic mass is 35.5. The molecule has 0 amide bonds.